The van der Waals surface area contributed by atoms with E-state index in [0.717, 1.165) is 0 Å². The van der Waals surface area contributed by atoms with E-state index in [1.54, 1.807) is 36.4 Å². The summed E-state index contributed by atoms with van der Waals surface area (Å²) in [6.07, 6.45) is 0. The van der Waals surface area contributed by atoms with Crippen LogP contribution in [0.3, 0.4) is 0 Å². The summed E-state index contributed by atoms with van der Waals surface area (Å²) < 4.78 is 10.3. The summed E-state index contributed by atoms with van der Waals surface area (Å²) in [6.45, 7) is 0. The molecule has 2 rings (SSSR count). The Bertz CT molecular complexity index is 747. The van der Waals surface area contributed by atoms with Gasteiger partial charge in [0.25, 0.3) is 5.91 Å². The second-order valence-electron chi connectivity index (χ2n) is 4.93. The number of carbonyl (C=O) groups excluding carboxylic acids is 2. The maximum absolute atomic E-state index is 12.4. The number of hydrogen-bond acceptors (Lipinski definition) is 4. The van der Waals surface area contributed by atoms with Crippen LogP contribution < -0.4 is 20.5 Å². The molecule has 126 valence electrons. The lowest BCUT2D eigenvalue weighted by atomic mass is 10.1. The van der Waals surface area contributed by atoms with Crippen molar-refractivity contribution in [3.63, 3.8) is 0 Å². The van der Waals surface area contributed by atoms with E-state index in [2.05, 4.69) is 5.32 Å². The van der Waals surface area contributed by atoms with Crippen molar-refractivity contribution < 1.29 is 19.1 Å². The van der Waals surface area contributed by atoms with Gasteiger partial charge in [-0.05, 0) is 35.9 Å². The van der Waals surface area contributed by atoms with Gasteiger partial charge in [0.05, 0.1) is 14.2 Å². The molecule has 0 unspecified atom stereocenters. The van der Waals surface area contributed by atoms with Gasteiger partial charge in [0.2, 0.25) is 5.91 Å². The third kappa shape index (κ3) is 3.97. The summed E-state index contributed by atoms with van der Waals surface area (Å²) >= 11 is 5.83. The summed E-state index contributed by atoms with van der Waals surface area (Å²) in [5.74, 6) is -0.230. The highest BCUT2D eigenvalue weighted by molar-refractivity contribution is 6.30. The van der Waals surface area contributed by atoms with Crippen molar-refractivity contribution in [1.82, 2.24) is 5.32 Å². The number of methoxy groups -OCH3 is 2. The number of rotatable bonds is 6. The Balaban J connectivity index is 2.25. The van der Waals surface area contributed by atoms with E-state index in [1.807, 2.05) is 0 Å². The Morgan fingerprint density at radius 3 is 2.21 bits per heavy atom. The third-order valence-electron chi connectivity index (χ3n) is 3.41. The number of carbonyl (C=O) groups is 2. The highest BCUT2D eigenvalue weighted by atomic mass is 35.5. The summed E-state index contributed by atoms with van der Waals surface area (Å²) in [4.78, 5) is 24.1. The molecule has 0 aliphatic heterocycles. The van der Waals surface area contributed by atoms with E-state index in [0.29, 0.717) is 27.6 Å². The molecule has 3 N–H and O–H groups in total. The fraction of sp³-hybridized carbons (Fsp3) is 0.176. The summed E-state index contributed by atoms with van der Waals surface area (Å²) in [7, 11) is 2.97. The Morgan fingerprint density at radius 1 is 1.04 bits per heavy atom. The molecule has 2 aromatic rings. The van der Waals surface area contributed by atoms with Gasteiger partial charge in [0.1, 0.15) is 6.04 Å². The molecule has 2 amide bonds. The number of nitrogens with one attached hydrogen (secondary N) is 1. The molecule has 24 heavy (non-hydrogen) atoms. The standard InChI is InChI=1S/C17H17ClN2O4/c1-23-13-8-5-11(9-14(13)24-2)17(22)20-15(16(19)21)10-3-6-12(18)7-4-10/h3-9,15H,1-2H3,(H2,19,21)(H,20,22)/t15-/m1/s1. The zero-order chi connectivity index (χ0) is 17.7. The number of nitrogens with two attached hydrogens (primary N) is 1. The lowest BCUT2D eigenvalue weighted by molar-refractivity contribution is -0.120. The minimum atomic E-state index is -0.970. The molecule has 7 heteroatoms. The molecule has 6 nitrogen and oxygen atoms in total. The first-order valence-corrected chi connectivity index (χ1v) is 7.41. The highest BCUT2D eigenvalue weighted by Crippen LogP contribution is 2.27. The summed E-state index contributed by atoms with van der Waals surface area (Å²) in [5.41, 5.74) is 6.26. The quantitative estimate of drug-likeness (QED) is 0.838. The van der Waals surface area contributed by atoms with Crippen molar-refractivity contribution in [1.29, 1.82) is 0 Å². The number of hydrogen-bond donors (Lipinski definition) is 2. The van der Waals surface area contributed by atoms with Crippen LogP contribution in [0.15, 0.2) is 42.5 Å². The van der Waals surface area contributed by atoms with Crippen LogP contribution in [0, 0.1) is 0 Å². The first-order valence-electron chi connectivity index (χ1n) is 7.04. The number of amides is 2. The van der Waals surface area contributed by atoms with Crippen LogP contribution in [0.5, 0.6) is 11.5 Å². The van der Waals surface area contributed by atoms with Gasteiger partial charge < -0.3 is 20.5 Å². The van der Waals surface area contributed by atoms with Gasteiger partial charge in [0.15, 0.2) is 11.5 Å². The largest absolute Gasteiger partial charge is 0.493 e. The Labute approximate surface area is 144 Å². The molecule has 0 saturated heterocycles. The SMILES string of the molecule is COc1ccc(C(=O)N[C@@H](C(N)=O)c2ccc(Cl)cc2)cc1OC. The van der Waals surface area contributed by atoms with Crippen molar-refractivity contribution >= 4 is 23.4 Å². The molecule has 0 radical (unpaired) electrons. The van der Waals surface area contributed by atoms with E-state index in [1.165, 1.54) is 20.3 Å². The molecule has 0 saturated carbocycles. The number of ether oxygens (including phenoxy) is 2. The molecule has 0 aliphatic carbocycles. The van der Waals surface area contributed by atoms with Crippen molar-refractivity contribution in [2.75, 3.05) is 14.2 Å². The third-order valence-corrected chi connectivity index (χ3v) is 3.66. The molecule has 0 aliphatic rings. The Morgan fingerprint density at radius 2 is 1.67 bits per heavy atom. The lowest BCUT2D eigenvalue weighted by Gasteiger charge is -2.16. The maximum Gasteiger partial charge on any atom is 0.252 e. The van der Waals surface area contributed by atoms with Crippen LogP contribution in [-0.4, -0.2) is 26.0 Å². The van der Waals surface area contributed by atoms with E-state index >= 15 is 0 Å². The van der Waals surface area contributed by atoms with E-state index in [9.17, 15) is 9.59 Å². The van der Waals surface area contributed by atoms with Gasteiger partial charge >= 0.3 is 0 Å². The average Bonchev–Trinajstić information content (AvgIpc) is 2.59. The van der Waals surface area contributed by atoms with E-state index in [-0.39, 0.29) is 0 Å². The van der Waals surface area contributed by atoms with Crippen LogP contribution in [-0.2, 0) is 4.79 Å². The molecule has 0 fully saturated rings. The molecular weight excluding hydrogens is 332 g/mol. The van der Waals surface area contributed by atoms with Gasteiger partial charge in [-0.25, -0.2) is 0 Å². The monoisotopic (exact) mass is 348 g/mol. The van der Waals surface area contributed by atoms with E-state index in [4.69, 9.17) is 26.8 Å². The predicted molar refractivity (Wildman–Crippen MR) is 90.4 cm³/mol. The first kappa shape index (κ1) is 17.6. The Hall–Kier alpha value is -2.73. The van der Waals surface area contributed by atoms with Crippen molar-refractivity contribution in [2.24, 2.45) is 5.73 Å². The average molecular weight is 349 g/mol. The normalized spacial score (nSPS) is 11.5. The van der Waals surface area contributed by atoms with Gasteiger partial charge in [-0.15, -0.1) is 0 Å². The number of benzene rings is 2. The zero-order valence-electron chi connectivity index (χ0n) is 13.2. The van der Waals surface area contributed by atoms with Crippen molar-refractivity contribution in [3.8, 4) is 11.5 Å². The number of halogens is 1. The first-order chi connectivity index (χ1) is 11.5. The molecule has 0 aromatic heterocycles. The molecule has 0 heterocycles. The second-order valence-corrected chi connectivity index (χ2v) is 5.37. The van der Waals surface area contributed by atoms with Gasteiger partial charge in [0, 0.05) is 10.6 Å². The van der Waals surface area contributed by atoms with Crippen LogP contribution >= 0.6 is 11.6 Å². The van der Waals surface area contributed by atoms with Gasteiger partial charge in [-0.3, -0.25) is 9.59 Å². The molecule has 2 aromatic carbocycles. The number of primary amides is 1. The van der Waals surface area contributed by atoms with Crippen molar-refractivity contribution in [2.45, 2.75) is 6.04 Å². The molecular formula is C17H17ClN2O4. The zero-order valence-corrected chi connectivity index (χ0v) is 14.0. The van der Waals surface area contributed by atoms with Crippen LogP contribution in [0.2, 0.25) is 5.02 Å². The fourth-order valence-corrected chi connectivity index (χ4v) is 2.29. The van der Waals surface area contributed by atoms with Crippen LogP contribution in [0.25, 0.3) is 0 Å². The van der Waals surface area contributed by atoms with Crippen LogP contribution in [0.4, 0.5) is 0 Å². The minimum Gasteiger partial charge on any atom is -0.493 e. The lowest BCUT2D eigenvalue weighted by Crippen LogP contribution is -2.37. The summed E-state index contributed by atoms with van der Waals surface area (Å²) in [6, 6.07) is 10.2. The maximum atomic E-state index is 12.4. The minimum absolute atomic E-state index is 0.313. The summed E-state index contributed by atoms with van der Waals surface area (Å²) in [5, 5.41) is 3.13. The Kier molecular flexibility index (Phi) is 5.65. The smallest absolute Gasteiger partial charge is 0.252 e. The molecule has 0 spiro atoms. The molecule has 0 bridgehead atoms. The molecule has 1 atom stereocenters. The van der Waals surface area contributed by atoms with Gasteiger partial charge in [-0.1, -0.05) is 23.7 Å². The van der Waals surface area contributed by atoms with Crippen molar-refractivity contribution in [3.05, 3.63) is 58.6 Å². The highest BCUT2D eigenvalue weighted by Gasteiger charge is 2.21. The van der Waals surface area contributed by atoms with Crippen LogP contribution in [0.1, 0.15) is 22.0 Å². The van der Waals surface area contributed by atoms with E-state index < -0.39 is 17.9 Å². The fourth-order valence-electron chi connectivity index (χ4n) is 2.17. The topological polar surface area (TPSA) is 90.6 Å². The van der Waals surface area contributed by atoms with Gasteiger partial charge in [-0.2, -0.15) is 0 Å². The predicted octanol–water partition coefficient (Wildman–Crippen LogP) is 2.31. The second kappa shape index (κ2) is 7.70.